The Morgan fingerprint density at radius 3 is 0.962 bits per heavy atom. The van der Waals surface area contributed by atoms with Crippen LogP contribution < -0.4 is 19.6 Å². The Hall–Kier alpha value is -7.18. The molecule has 8 rings (SSSR count). The van der Waals surface area contributed by atoms with Gasteiger partial charge in [0.05, 0.1) is 45.5 Å². The lowest BCUT2D eigenvalue weighted by Gasteiger charge is -2.40. The second kappa shape index (κ2) is 13.6. The molecule has 2 aliphatic heterocycles. The predicted octanol–water partition coefficient (Wildman–Crippen LogP) is 11.9. The quantitative estimate of drug-likeness (QED) is 0.152. The molecule has 0 atom stereocenters. The number of pyridine rings is 2. The standard InChI is InChI=1S/C46H36N6/c1-5-37-39(7-3)51(43-25-17-15-23-41(43)49(37)35-19-11-9-12-20-35)45-29-27-33(31-47-45)34-28-30-46(48-32-34)52-40(8-4)38(6-2)50(36-21-13-10-14-22-36)42-24-16-18-26-44(42)52/h5-32H,1-4H2. The molecule has 0 radical (unpaired) electrons. The molecule has 6 nitrogen and oxygen atoms in total. The van der Waals surface area contributed by atoms with Gasteiger partial charge in [0.1, 0.15) is 11.6 Å². The van der Waals surface area contributed by atoms with Gasteiger partial charge in [0, 0.05) is 34.9 Å². The zero-order chi connectivity index (χ0) is 35.6. The van der Waals surface area contributed by atoms with Crippen LogP contribution in [0.25, 0.3) is 11.1 Å². The second-order valence-corrected chi connectivity index (χ2v) is 12.2. The molecule has 0 N–H and O–H groups in total. The lowest BCUT2D eigenvalue weighted by atomic mass is 10.0. The van der Waals surface area contributed by atoms with Gasteiger partial charge in [0.2, 0.25) is 0 Å². The van der Waals surface area contributed by atoms with Crippen molar-refractivity contribution >= 4 is 45.8 Å². The molecule has 0 spiro atoms. The highest BCUT2D eigenvalue weighted by Gasteiger charge is 2.32. The highest BCUT2D eigenvalue weighted by atomic mass is 15.3. The first kappa shape index (κ1) is 32.0. The molecule has 0 amide bonds. The molecule has 0 saturated heterocycles. The van der Waals surface area contributed by atoms with E-state index in [0.29, 0.717) is 0 Å². The first-order valence-corrected chi connectivity index (χ1v) is 17.1. The van der Waals surface area contributed by atoms with Gasteiger partial charge in [-0.25, -0.2) is 9.97 Å². The smallest absolute Gasteiger partial charge is 0.137 e. The van der Waals surface area contributed by atoms with Gasteiger partial charge in [-0.1, -0.05) is 87.0 Å². The SMILES string of the molecule is C=CC1=C(C=C)N(c2ccc(-c3ccc(N4C(C=C)=C(C=C)N(c5ccccc5)c5ccccc54)nc3)cn2)c2ccccc2N1c1ccccc1. The average molecular weight is 673 g/mol. The molecular formula is C46H36N6. The van der Waals surface area contributed by atoms with E-state index in [9.17, 15) is 0 Å². The number of allylic oxidation sites excluding steroid dienone is 4. The minimum atomic E-state index is 0.772. The van der Waals surface area contributed by atoms with Crippen molar-refractivity contribution in [2.75, 3.05) is 19.6 Å². The molecule has 2 aromatic heterocycles. The van der Waals surface area contributed by atoms with E-state index in [2.05, 4.69) is 107 Å². The lowest BCUT2D eigenvalue weighted by molar-refractivity contribution is 1.04. The van der Waals surface area contributed by atoms with Gasteiger partial charge in [-0.15, -0.1) is 0 Å². The van der Waals surface area contributed by atoms with Gasteiger partial charge in [-0.05, 0) is 97.1 Å². The highest BCUT2D eigenvalue weighted by Crippen LogP contribution is 2.49. The van der Waals surface area contributed by atoms with Gasteiger partial charge in [0.15, 0.2) is 0 Å². The maximum Gasteiger partial charge on any atom is 0.137 e. The zero-order valence-electron chi connectivity index (χ0n) is 28.7. The van der Waals surface area contributed by atoms with Crippen molar-refractivity contribution in [2.45, 2.75) is 0 Å². The van der Waals surface area contributed by atoms with E-state index in [4.69, 9.17) is 9.97 Å². The Morgan fingerprint density at radius 2 is 0.654 bits per heavy atom. The van der Waals surface area contributed by atoms with Crippen molar-refractivity contribution in [3.63, 3.8) is 0 Å². The topological polar surface area (TPSA) is 38.7 Å². The third-order valence-corrected chi connectivity index (χ3v) is 9.31. The van der Waals surface area contributed by atoms with Crippen LogP contribution in [0.5, 0.6) is 0 Å². The Kier molecular flexibility index (Phi) is 8.39. The molecule has 4 heterocycles. The lowest BCUT2D eigenvalue weighted by Crippen LogP contribution is -2.30. The summed E-state index contributed by atoms with van der Waals surface area (Å²) in [6, 6.07) is 45.5. The van der Waals surface area contributed by atoms with Crippen molar-refractivity contribution in [1.82, 2.24) is 9.97 Å². The van der Waals surface area contributed by atoms with E-state index in [0.717, 1.165) is 79.7 Å². The molecule has 4 aromatic carbocycles. The van der Waals surface area contributed by atoms with Crippen LogP contribution >= 0.6 is 0 Å². The third kappa shape index (κ3) is 5.30. The van der Waals surface area contributed by atoms with Crippen LogP contribution in [-0.2, 0) is 0 Å². The summed E-state index contributed by atoms with van der Waals surface area (Å²) in [5, 5.41) is 0. The van der Waals surface area contributed by atoms with Gasteiger partial charge < -0.3 is 9.80 Å². The minimum Gasteiger partial charge on any atom is -0.306 e. The third-order valence-electron chi connectivity index (χ3n) is 9.31. The first-order chi connectivity index (χ1) is 25.7. The number of aromatic nitrogens is 2. The summed E-state index contributed by atoms with van der Waals surface area (Å²) in [4.78, 5) is 18.7. The monoisotopic (exact) mass is 672 g/mol. The van der Waals surface area contributed by atoms with Crippen LogP contribution in [-0.4, -0.2) is 9.97 Å². The van der Waals surface area contributed by atoms with Crippen LogP contribution in [0, 0.1) is 0 Å². The summed E-state index contributed by atoms with van der Waals surface area (Å²) in [7, 11) is 0. The van der Waals surface area contributed by atoms with Gasteiger partial charge in [-0.3, -0.25) is 9.80 Å². The van der Waals surface area contributed by atoms with Crippen LogP contribution in [0.3, 0.4) is 0 Å². The van der Waals surface area contributed by atoms with Crippen molar-refractivity contribution < 1.29 is 0 Å². The van der Waals surface area contributed by atoms with Crippen LogP contribution in [0.1, 0.15) is 0 Å². The number of benzene rings is 4. The molecule has 0 bridgehead atoms. The van der Waals surface area contributed by atoms with E-state index >= 15 is 0 Å². The second-order valence-electron chi connectivity index (χ2n) is 12.2. The number of anilines is 8. The van der Waals surface area contributed by atoms with Gasteiger partial charge in [-0.2, -0.15) is 0 Å². The summed E-state index contributed by atoms with van der Waals surface area (Å²) >= 11 is 0. The fourth-order valence-corrected chi connectivity index (χ4v) is 7.03. The molecular weight excluding hydrogens is 637 g/mol. The normalized spacial score (nSPS) is 13.8. The number of para-hydroxylation sites is 6. The highest BCUT2D eigenvalue weighted by molar-refractivity contribution is 5.92. The van der Waals surface area contributed by atoms with E-state index in [1.165, 1.54) is 0 Å². The van der Waals surface area contributed by atoms with Gasteiger partial charge in [0.25, 0.3) is 0 Å². The number of hydrogen-bond acceptors (Lipinski definition) is 6. The Labute approximate surface area is 304 Å². The molecule has 6 heteroatoms. The maximum absolute atomic E-state index is 4.98. The zero-order valence-corrected chi connectivity index (χ0v) is 28.7. The average Bonchev–Trinajstić information content (AvgIpc) is 3.22. The Balaban J connectivity index is 1.14. The molecule has 0 aliphatic carbocycles. The number of rotatable bonds is 9. The molecule has 52 heavy (non-hydrogen) atoms. The van der Waals surface area contributed by atoms with Crippen molar-refractivity contribution in [3.05, 3.63) is 219 Å². The summed E-state index contributed by atoms with van der Waals surface area (Å²) in [6.07, 6.45) is 11.3. The van der Waals surface area contributed by atoms with Crippen LogP contribution in [0.2, 0.25) is 0 Å². The van der Waals surface area contributed by atoms with Crippen molar-refractivity contribution in [1.29, 1.82) is 0 Å². The van der Waals surface area contributed by atoms with Crippen LogP contribution in [0.4, 0.5) is 45.8 Å². The number of hydrogen-bond donors (Lipinski definition) is 0. The Bertz CT molecular complexity index is 2200. The number of fused-ring (bicyclic) bond motifs is 2. The van der Waals surface area contributed by atoms with E-state index < -0.39 is 0 Å². The molecule has 0 saturated carbocycles. The summed E-state index contributed by atoms with van der Waals surface area (Å²) < 4.78 is 0. The molecule has 0 unspecified atom stereocenters. The first-order valence-electron chi connectivity index (χ1n) is 17.1. The summed E-state index contributed by atoms with van der Waals surface area (Å²) in [5.41, 5.74) is 11.7. The van der Waals surface area contributed by atoms with E-state index in [1.54, 1.807) is 0 Å². The largest absolute Gasteiger partial charge is 0.306 e. The fraction of sp³-hybridized carbons (Fsp3) is 0. The molecule has 2 aliphatic rings. The molecule has 6 aromatic rings. The number of nitrogens with zero attached hydrogens (tertiary/aromatic N) is 6. The maximum atomic E-state index is 4.98. The minimum absolute atomic E-state index is 0.772. The van der Waals surface area contributed by atoms with Crippen molar-refractivity contribution in [2.24, 2.45) is 0 Å². The summed E-state index contributed by atoms with van der Waals surface area (Å²) in [6.45, 7) is 16.8. The van der Waals surface area contributed by atoms with Crippen LogP contribution in [0.15, 0.2) is 219 Å². The van der Waals surface area contributed by atoms with Gasteiger partial charge >= 0.3 is 0 Å². The summed E-state index contributed by atoms with van der Waals surface area (Å²) in [5.74, 6) is 1.54. The van der Waals surface area contributed by atoms with Crippen molar-refractivity contribution in [3.8, 4) is 11.1 Å². The van der Waals surface area contributed by atoms with E-state index in [1.807, 2.05) is 109 Å². The predicted molar refractivity (Wildman–Crippen MR) is 217 cm³/mol. The Morgan fingerprint density at radius 1 is 0.346 bits per heavy atom. The fourth-order valence-electron chi connectivity index (χ4n) is 7.03. The van der Waals surface area contributed by atoms with E-state index in [-0.39, 0.29) is 0 Å². The molecule has 250 valence electrons. The molecule has 0 fully saturated rings.